The van der Waals surface area contributed by atoms with Gasteiger partial charge in [-0.25, -0.2) is 8.78 Å². The van der Waals surface area contributed by atoms with Crippen molar-refractivity contribution in [2.75, 3.05) is 11.9 Å². The summed E-state index contributed by atoms with van der Waals surface area (Å²) in [6.45, 7) is 2.15. The molecule has 3 rings (SSSR count). The topological polar surface area (TPSA) is 21.3 Å². The van der Waals surface area contributed by atoms with Crippen LogP contribution in [0.2, 0.25) is 0 Å². The van der Waals surface area contributed by atoms with Crippen molar-refractivity contribution in [3.8, 4) is 5.75 Å². The van der Waals surface area contributed by atoms with E-state index < -0.39 is 0 Å². The maximum Gasteiger partial charge on any atom is 0.142 e. The van der Waals surface area contributed by atoms with Crippen molar-refractivity contribution in [1.29, 1.82) is 0 Å². The monoisotopic (exact) mass is 261 g/mol. The molecule has 2 aromatic carbocycles. The second-order valence-corrected chi connectivity index (χ2v) is 4.66. The summed E-state index contributed by atoms with van der Waals surface area (Å²) < 4.78 is 32.0. The summed E-state index contributed by atoms with van der Waals surface area (Å²) in [6, 6.07) is 9.19. The van der Waals surface area contributed by atoms with Gasteiger partial charge in [0.1, 0.15) is 24.0 Å². The summed E-state index contributed by atoms with van der Waals surface area (Å²) in [5, 5.41) is 3.21. The fraction of sp³-hybridized carbons (Fsp3) is 0.200. The van der Waals surface area contributed by atoms with Crippen LogP contribution in [-0.4, -0.2) is 6.61 Å². The van der Waals surface area contributed by atoms with E-state index in [0.717, 1.165) is 5.56 Å². The second kappa shape index (κ2) is 4.53. The normalized spacial score (nSPS) is 17.3. The number of anilines is 1. The Morgan fingerprint density at radius 3 is 2.79 bits per heavy atom. The van der Waals surface area contributed by atoms with Gasteiger partial charge in [0, 0.05) is 6.07 Å². The number of fused-ring (bicyclic) bond motifs is 1. The van der Waals surface area contributed by atoms with E-state index in [1.54, 1.807) is 25.1 Å². The zero-order valence-electron chi connectivity index (χ0n) is 10.4. The molecule has 0 aromatic heterocycles. The number of halogens is 2. The summed E-state index contributed by atoms with van der Waals surface area (Å²) in [7, 11) is 0. The van der Waals surface area contributed by atoms with E-state index >= 15 is 0 Å². The average Bonchev–Trinajstić information content (AvgIpc) is 2.41. The van der Waals surface area contributed by atoms with E-state index in [2.05, 4.69) is 5.32 Å². The molecule has 4 heteroatoms. The molecule has 1 atom stereocenters. The Morgan fingerprint density at radius 1 is 1.16 bits per heavy atom. The van der Waals surface area contributed by atoms with E-state index in [4.69, 9.17) is 4.74 Å². The second-order valence-electron chi connectivity index (χ2n) is 4.66. The van der Waals surface area contributed by atoms with Crippen molar-refractivity contribution in [2.45, 2.75) is 13.0 Å². The number of hydrogen-bond donors (Lipinski definition) is 1. The summed E-state index contributed by atoms with van der Waals surface area (Å²) in [4.78, 5) is 0. The Balaban J connectivity index is 1.90. The zero-order chi connectivity index (χ0) is 13.4. The van der Waals surface area contributed by atoms with Crippen molar-refractivity contribution >= 4 is 5.69 Å². The molecule has 19 heavy (non-hydrogen) atoms. The third-order valence-corrected chi connectivity index (χ3v) is 3.26. The maximum atomic E-state index is 13.3. The molecule has 1 unspecified atom stereocenters. The quantitative estimate of drug-likeness (QED) is 0.842. The largest absolute Gasteiger partial charge is 0.489 e. The molecule has 0 amide bonds. The third kappa shape index (κ3) is 2.26. The van der Waals surface area contributed by atoms with Gasteiger partial charge in [0.15, 0.2) is 0 Å². The molecule has 1 aliphatic rings. The number of aryl methyl sites for hydroxylation is 1. The van der Waals surface area contributed by atoms with Gasteiger partial charge in [-0.15, -0.1) is 0 Å². The van der Waals surface area contributed by atoms with E-state index in [1.807, 2.05) is 0 Å². The van der Waals surface area contributed by atoms with E-state index in [9.17, 15) is 8.78 Å². The van der Waals surface area contributed by atoms with Crippen LogP contribution in [0.3, 0.4) is 0 Å². The van der Waals surface area contributed by atoms with Crippen LogP contribution in [0, 0.1) is 18.6 Å². The number of nitrogens with one attached hydrogen (secondary N) is 1. The van der Waals surface area contributed by atoms with Gasteiger partial charge in [-0.2, -0.15) is 0 Å². The predicted molar refractivity (Wildman–Crippen MR) is 69.4 cm³/mol. The lowest BCUT2D eigenvalue weighted by Crippen LogP contribution is -2.24. The van der Waals surface area contributed by atoms with Crippen LogP contribution in [0.25, 0.3) is 0 Å². The third-order valence-electron chi connectivity index (χ3n) is 3.26. The lowest BCUT2D eigenvalue weighted by Gasteiger charge is -2.28. The van der Waals surface area contributed by atoms with Gasteiger partial charge < -0.3 is 10.1 Å². The predicted octanol–water partition coefficient (Wildman–Crippen LogP) is 3.82. The Bertz CT molecular complexity index is 628. The van der Waals surface area contributed by atoms with Gasteiger partial charge in [0.25, 0.3) is 0 Å². The molecule has 1 aliphatic heterocycles. The van der Waals surface area contributed by atoms with Gasteiger partial charge in [0.05, 0.1) is 11.7 Å². The first-order valence-corrected chi connectivity index (χ1v) is 6.08. The summed E-state index contributed by atoms with van der Waals surface area (Å²) in [5.41, 5.74) is 2.14. The first-order valence-electron chi connectivity index (χ1n) is 6.08. The van der Waals surface area contributed by atoms with Crippen LogP contribution in [0.15, 0.2) is 36.4 Å². The van der Waals surface area contributed by atoms with Crippen LogP contribution < -0.4 is 10.1 Å². The van der Waals surface area contributed by atoms with E-state index in [-0.39, 0.29) is 17.7 Å². The smallest absolute Gasteiger partial charge is 0.142 e. The zero-order valence-corrected chi connectivity index (χ0v) is 10.4. The number of rotatable bonds is 1. The first kappa shape index (κ1) is 12.0. The van der Waals surface area contributed by atoms with E-state index in [0.29, 0.717) is 23.6 Å². The molecule has 2 nitrogen and oxygen atoms in total. The minimum atomic E-state index is -0.314. The van der Waals surface area contributed by atoms with Crippen LogP contribution >= 0.6 is 0 Å². The Kier molecular flexibility index (Phi) is 2.85. The number of ether oxygens (including phenoxy) is 1. The highest BCUT2D eigenvalue weighted by Gasteiger charge is 2.21. The van der Waals surface area contributed by atoms with Crippen molar-refractivity contribution in [3.05, 3.63) is 59.2 Å². The molecule has 0 bridgehead atoms. The number of hydrogen-bond acceptors (Lipinski definition) is 2. The Hall–Kier alpha value is -2.10. The number of benzene rings is 2. The van der Waals surface area contributed by atoms with Gasteiger partial charge in [-0.3, -0.25) is 0 Å². The molecular formula is C15H13F2NO. The van der Waals surface area contributed by atoms with Gasteiger partial charge >= 0.3 is 0 Å². The first-order chi connectivity index (χ1) is 9.13. The molecule has 0 aliphatic carbocycles. The molecular weight excluding hydrogens is 248 g/mol. The van der Waals surface area contributed by atoms with E-state index in [1.165, 1.54) is 18.2 Å². The SMILES string of the molecule is Cc1cc(C2COc3ccc(F)cc3N2)ccc1F. The molecule has 0 saturated carbocycles. The lowest BCUT2D eigenvalue weighted by molar-refractivity contribution is 0.286. The molecule has 2 aromatic rings. The van der Waals surface area contributed by atoms with Crippen LogP contribution in [0.4, 0.5) is 14.5 Å². The summed E-state index contributed by atoms with van der Waals surface area (Å²) in [6.07, 6.45) is 0. The van der Waals surface area contributed by atoms with Gasteiger partial charge in [-0.1, -0.05) is 12.1 Å². The molecule has 0 radical (unpaired) electrons. The van der Waals surface area contributed by atoms with Crippen molar-refractivity contribution in [3.63, 3.8) is 0 Å². The summed E-state index contributed by atoms with van der Waals surface area (Å²) in [5.74, 6) is 0.0918. The van der Waals surface area contributed by atoms with Crippen molar-refractivity contribution in [1.82, 2.24) is 0 Å². The molecule has 0 fully saturated rings. The molecule has 0 spiro atoms. The summed E-state index contributed by atoms with van der Waals surface area (Å²) >= 11 is 0. The highest BCUT2D eigenvalue weighted by atomic mass is 19.1. The molecule has 1 N–H and O–H groups in total. The standard InChI is InChI=1S/C15H13F2NO/c1-9-6-10(2-4-12(9)17)14-8-19-15-5-3-11(16)7-13(15)18-14/h2-7,14,18H,8H2,1H3. The Labute approximate surface area is 110 Å². The fourth-order valence-corrected chi connectivity index (χ4v) is 2.21. The fourth-order valence-electron chi connectivity index (χ4n) is 2.21. The molecule has 0 saturated heterocycles. The highest BCUT2D eigenvalue weighted by Crippen LogP contribution is 2.34. The van der Waals surface area contributed by atoms with Crippen LogP contribution in [0.5, 0.6) is 5.75 Å². The van der Waals surface area contributed by atoms with Crippen LogP contribution in [-0.2, 0) is 0 Å². The van der Waals surface area contributed by atoms with Gasteiger partial charge in [0.2, 0.25) is 0 Å². The van der Waals surface area contributed by atoms with Crippen LogP contribution in [0.1, 0.15) is 17.2 Å². The Morgan fingerprint density at radius 2 is 2.00 bits per heavy atom. The average molecular weight is 261 g/mol. The van der Waals surface area contributed by atoms with Crippen molar-refractivity contribution in [2.24, 2.45) is 0 Å². The lowest BCUT2D eigenvalue weighted by atomic mass is 10.0. The molecule has 1 heterocycles. The minimum Gasteiger partial charge on any atom is -0.489 e. The maximum absolute atomic E-state index is 13.3. The molecule has 98 valence electrons. The van der Waals surface area contributed by atoms with Crippen molar-refractivity contribution < 1.29 is 13.5 Å². The highest BCUT2D eigenvalue weighted by molar-refractivity contribution is 5.59. The van der Waals surface area contributed by atoms with Gasteiger partial charge in [-0.05, 0) is 36.2 Å². The minimum absolute atomic E-state index is 0.103.